The van der Waals surface area contributed by atoms with Gasteiger partial charge in [0, 0.05) is 12.7 Å². The fourth-order valence-corrected chi connectivity index (χ4v) is 2.85. The lowest BCUT2D eigenvalue weighted by Gasteiger charge is -2.12. The van der Waals surface area contributed by atoms with Crippen molar-refractivity contribution in [1.82, 2.24) is 9.97 Å². The minimum absolute atomic E-state index is 0.0802. The first-order valence-electron chi connectivity index (χ1n) is 6.20. The van der Waals surface area contributed by atoms with Gasteiger partial charge in [0.05, 0.1) is 22.7 Å². The van der Waals surface area contributed by atoms with Crippen LogP contribution in [0.5, 0.6) is 5.75 Å². The number of benzene rings is 1. The van der Waals surface area contributed by atoms with Crippen molar-refractivity contribution in [2.75, 3.05) is 13.7 Å². The van der Waals surface area contributed by atoms with Gasteiger partial charge in [0.25, 0.3) is 0 Å². The van der Waals surface area contributed by atoms with E-state index in [1.54, 1.807) is 7.11 Å². The predicted octanol–water partition coefficient (Wildman–Crippen LogP) is 3.57. The van der Waals surface area contributed by atoms with E-state index in [9.17, 15) is 0 Å². The molecule has 2 heterocycles. The first-order chi connectivity index (χ1) is 9.70. The molecule has 1 aromatic heterocycles. The van der Waals surface area contributed by atoms with Crippen LogP contribution in [0.15, 0.2) is 28.7 Å². The Morgan fingerprint density at radius 3 is 3.10 bits per heavy atom. The fraction of sp³-hybridized carbons (Fsp3) is 0.286. The van der Waals surface area contributed by atoms with E-state index in [-0.39, 0.29) is 5.92 Å². The average Bonchev–Trinajstić information content (AvgIpc) is 2.88. The molecule has 1 N–H and O–H groups in total. The van der Waals surface area contributed by atoms with Gasteiger partial charge in [-0.1, -0.05) is 30.4 Å². The summed E-state index contributed by atoms with van der Waals surface area (Å²) >= 11 is 8.75. The second-order valence-corrected chi connectivity index (χ2v) is 5.73. The van der Waals surface area contributed by atoms with Crippen LogP contribution in [-0.4, -0.2) is 23.7 Å². The lowest BCUT2D eigenvalue weighted by Crippen LogP contribution is -2.10. The number of hydrogen-bond acceptors (Lipinski definition) is 4. The van der Waals surface area contributed by atoms with E-state index in [4.69, 9.17) is 21.7 Å². The van der Waals surface area contributed by atoms with E-state index >= 15 is 0 Å². The number of nitrogens with one attached hydrogen (secondary N) is 1. The summed E-state index contributed by atoms with van der Waals surface area (Å²) in [4.78, 5) is 7.78. The Balaban J connectivity index is 2.06. The number of ether oxygens (including phenoxy) is 2. The highest BCUT2D eigenvalue weighted by molar-refractivity contribution is 9.10. The number of aromatic nitrogens is 2. The molecule has 0 saturated heterocycles. The van der Waals surface area contributed by atoms with Crippen LogP contribution >= 0.6 is 28.1 Å². The number of methoxy groups -OCH3 is 1. The minimum atomic E-state index is 0.0802. The van der Waals surface area contributed by atoms with Gasteiger partial charge in [0.15, 0.2) is 0 Å². The summed E-state index contributed by atoms with van der Waals surface area (Å²) < 4.78 is 12.2. The Labute approximate surface area is 130 Å². The van der Waals surface area contributed by atoms with Gasteiger partial charge in [-0.05, 0) is 22.0 Å². The molecule has 1 aliphatic rings. The summed E-state index contributed by atoms with van der Waals surface area (Å²) in [6, 6.07) is 8.00. The van der Waals surface area contributed by atoms with Crippen LogP contribution in [0, 0.1) is 4.64 Å². The average molecular weight is 353 g/mol. The van der Waals surface area contributed by atoms with E-state index < -0.39 is 0 Å². The molecule has 1 aromatic carbocycles. The number of halogens is 1. The smallest absolute Gasteiger partial charge is 0.144 e. The van der Waals surface area contributed by atoms with Crippen LogP contribution in [0.4, 0.5) is 0 Å². The Morgan fingerprint density at radius 2 is 2.30 bits per heavy atom. The molecule has 6 heteroatoms. The quantitative estimate of drug-likeness (QED) is 0.857. The van der Waals surface area contributed by atoms with Gasteiger partial charge in [-0.25, -0.2) is 4.98 Å². The van der Waals surface area contributed by atoms with Crippen LogP contribution in [0.25, 0.3) is 0 Å². The maximum atomic E-state index is 5.70. The number of hydrogen-bond donors (Lipinski definition) is 1. The second kappa shape index (κ2) is 5.63. The molecule has 0 bridgehead atoms. The van der Waals surface area contributed by atoms with E-state index in [1.165, 1.54) is 0 Å². The molecule has 104 valence electrons. The van der Waals surface area contributed by atoms with E-state index in [0.717, 1.165) is 27.3 Å². The topological polar surface area (TPSA) is 47.1 Å². The fourth-order valence-electron chi connectivity index (χ4n) is 2.32. The molecule has 20 heavy (non-hydrogen) atoms. The van der Waals surface area contributed by atoms with E-state index in [2.05, 4.69) is 32.0 Å². The highest BCUT2D eigenvalue weighted by Gasteiger charge is 2.27. The third-order valence-corrected chi connectivity index (χ3v) is 4.68. The summed E-state index contributed by atoms with van der Waals surface area (Å²) in [5.41, 5.74) is 2.03. The van der Waals surface area contributed by atoms with E-state index in [1.807, 2.05) is 18.2 Å². The number of nitrogens with zero attached hydrogens (tertiary/aromatic N) is 1. The predicted molar refractivity (Wildman–Crippen MR) is 81.6 cm³/mol. The summed E-state index contributed by atoms with van der Waals surface area (Å²) in [5.74, 6) is 1.81. The Kier molecular flexibility index (Phi) is 3.87. The third-order valence-electron chi connectivity index (χ3n) is 3.27. The zero-order valence-corrected chi connectivity index (χ0v) is 13.3. The first kappa shape index (κ1) is 13.7. The van der Waals surface area contributed by atoms with Gasteiger partial charge in [-0.3, -0.25) is 0 Å². The number of H-pyrrole nitrogens is 1. The van der Waals surface area contributed by atoms with Crippen LogP contribution in [0.2, 0.25) is 0 Å². The molecule has 0 amide bonds. The Morgan fingerprint density at radius 1 is 1.50 bits per heavy atom. The van der Waals surface area contributed by atoms with Gasteiger partial charge < -0.3 is 14.5 Å². The van der Waals surface area contributed by atoms with E-state index in [0.29, 0.717) is 17.9 Å². The summed E-state index contributed by atoms with van der Waals surface area (Å²) in [5, 5.41) is 0. The molecule has 3 rings (SSSR count). The second-order valence-electron chi connectivity index (χ2n) is 4.55. The molecule has 0 saturated carbocycles. The molecular weight excluding hydrogens is 340 g/mol. The van der Waals surface area contributed by atoms with Crippen molar-refractivity contribution in [2.24, 2.45) is 0 Å². The normalized spacial score (nSPS) is 16.8. The first-order valence-corrected chi connectivity index (χ1v) is 7.40. The molecule has 1 atom stereocenters. The lowest BCUT2D eigenvalue weighted by molar-refractivity contribution is 0.180. The molecule has 2 aromatic rings. The van der Waals surface area contributed by atoms with Crippen molar-refractivity contribution in [1.29, 1.82) is 0 Å². The van der Waals surface area contributed by atoms with Crippen molar-refractivity contribution in [2.45, 2.75) is 12.5 Å². The van der Waals surface area contributed by atoms with Crippen LogP contribution in [0.1, 0.15) is 23.0 Å². The van der Waals surface area contributed by atoms with Crippen LogP contribution in [0.3, 0.4) is 0 Å². The maximum Gasteiger partial charge on any atom is 0.144 e. The highest BCUT2D eigenvalue weighted by Crippen LogP contribution is 2.36. The maximum absolute atomic E-state index is 5.70. The molecule has 0 aliphatic carbocycles. The van der Waals surface area contributed by atoms with Crippen molar-refractivity contribution < 1.29 is 9.47 Å². The van der Waals surface area contributed by atoms with Gasteiger partial charge in [-0.15, -0.1) is 0 Å². The SMILES string of the molecule is COCc1[nH]c(C2COc3ccccc32)nc(=S)c1Br. The van der Waals surface area contributed by atoms with Crippen molar-refractivity contribution in [3.63, 3.8) is 0 Å². The molecular formula is C14H13BrN2O2S. The molecule has 1 aliphatic heterocycles. The van der Waals surface area contributed by atoms with Crippen molar-refractivity contribution in [3.05, 3.63) is 50.5 Å². The summed E-state index contributed by atoms with van der Waals surface area (Å²) in [6.45, 7) is 1.03. The number of aromatic amines is 1. The number of fused-ring (bicyclic) bond motifs is 1. The standard InChI is InChI=1S/C14H13BrN2O2S/c1-18-7-10-12(15)14(20)17-13(16-10)9-6-19-11-5-3-2-4-8(9)11/h2-5,9H,6-7H2,1H3,(H,16,17,20). The van der Waals surface area contributed by atoms with Gasteiger partial charge in [-0.2, -0.15) is 0 Å². The molecule has 0 spiro atoms. The van der Waals surface area contributed by atoms with Crippen LogP contribution in [-0.2, 0) is 11.3 Å². The monoisotopic (exact) mass is 352 g/mol. The zero-order valence-electron chi connectivity index (χ0n) is 10.9. The van der Waals surface area contributed by atoms with Gasteiger partial charge in [0.2, 0.25) is 0 Å². The number of rotatable bonds is 3. The number of para-hydroxylation sites is 1. The third kappa shape index (κ3) is 2.39. The summed E-state index contributed by atoms with van der Waals surface area (Å²) in [6.07, 6.45) is 0. The van der Waals surface area contributed by atoms with Crippen molar-refractivity contribution in [3.8, 4) is 5.75 Å². The van der Waals surface area contributed by atoms with Crippen LogP contribution < -0.4 is 4.74 Å². The largest absolute Gasteiger partial charge is 0.492 e. The van der Waals surface area contributed by atoms with Gasteiger partial charge >= 0.3 is 0 Å². The summed E-state index contributed by atoms with van der Waals surface area (Å²) in [7, 11) is 1.65. The molecule has 0 radical (unpaired) electrons. The Bertz CT molecular complexity index is 702. The van der Waals surface area contributed by atoms with Crippen molar-refractivity contribution >= 4 is 28.1 Å². The zero-order chi connectivity index (χ0) is 14.1. The highest BCUT2D eigenvalue weighted by atomic mass is 79.9. The van der Waals surface area contributed by atoms with Gasteiger partial charge in [0.1, 0.15) is 22.8 Å². The molecule has 4 nitrogen and oxygen atoms in total. The lowest BCUT2D eigenvalue weighted by atomic mass is 10.0. The Hall–Kier alpha value is -1.24. The molecule has 1 unspecified atom stereocenters. The minimum Gasteiger partial charge on any atom is -0.492 e. The molecule has 0 fully saturated rings.